The summed E-state index contributed by atoms with van der Waals surface area (Å²) in [6, 6.07) is 4.65. The second-order valence-corrected chi connectivity index (χ2v) is 4.89. The molecule has 3 N–H and O–H groups in total. The van der Waals surface area contributed by atoms with Crippen LogP contribution in [-0.2, 0) is 6.18 Å². The van der Waals surface area contributed by atoms with Crippen LogP contribution < -0.4 is 11.3 Å². The van der Waals surface area contributed by atoms with E-state index in [2.05, 4.69) is 0 Å². The van der Waals surface area contributed by atoms with E-state index < -0.39 is 51.2 Å². The molecule has 0 atom stereocenters. The molecule has 0 saturated heterocycles. The van der Waals surface area contributed by atoms with E-state index in [-0.39, 0.29) is 5.56 Å². The molecule has 24 heavy (non-hydrogen) atoms. The van der Waals surface area contributed by atoms with E-state index in [9.17, 15) is 22.4 Å². The summed E-state index contributed by atoms with van der Waals surface area (Å²) >= 11 is 0. The summed E-state index contributed by atoms with van der Waals surface area (Å²) in [5.74, 6) is -2.16. The van der Waals surface area contributed by atoms with Crippen LogP contribution in [0.25, 0.3) is 11.1 Å². The van der Waals surface area contributed by atoms with E-state index in [4.69, 9.17) is 16.3 Å². The fourth-order valence-electron chi connectivity index (χ4n) is 2.27. The van der Waals surface area contributed by atoms with Crippen molar-refractivity contribution in [2.24, 2.45) is 0 Å². The van der Waals surface area contributed by atoms with E-state index in [0.29, 0.717) is 6.07 Å². The lowest BCUT2D eigenvalue weighted by molar-refractivity contribution is -0.139. The van der Waals surface area contributed by atoms with Crippen LogP contribution >= 0.6 is 0 Å². The topological polar surface area (TPSA) is 106 Å². The van der Waals surface area contributed by atoms with Gasteiger partial charge in [-0.2, -0.15) is 23.7 Å². The molecule has 0 radical (unpaired) electrons. The van der Waals surface area contributed by atoms with Crippen molar-refractivity contribution in [3.63, 3.8) is 0 Å². The van der Waals surface area contributed by atoms with Crippen LogP contribution in [0.5, 0.6) is 0 Å². The van der Waals surface area contributed by atoms with Crippen LogP contribution in [0.4, 0.5) is 23.4 Å². The molecule has 0 unspecified atom stereocenters. The quantitative estimate of drug-likeness (QED) is 0.781. The third kappa shape index (κ3) is 2.68. The van der Waals surface area contributed by atoms with Gasteiger partial charge >= 0.3 is 6.18 Å². The van der Waals surface area contributed by atoms with Crippen LogP contribution in [0.15, 0.2) is 16.9 Å². The predicted molar refractivity (Wildman–Crippen MR) is 76.0 cm³/mol. The maximum Gasteiger partial charge on any atom is 0.419 e. The Balaban J connectivity index is 3.04. The Morgan fingerprint density at radius 1 is 1.17 bits per heavy atom. The van der Waals surface area contributed by atoms with E-state index in [1.54, 1.807) is 6.07 Å². The van der Waals surface area contributed by atoms with Gasteiger partial charge in [0.05, 0.1) is 5.56 Å². The van der Waals surface area contributed by atoms with Gasteiger partial charge in [-0.3, -0.25) is 4.79 Å². The number of nitriles is 2. The molecular weight excluding hydrogens is 328 g/mol. The molecular formula is C15H8F4N4O. The number of nitrogen functional groups attached to an aromatic ring is 1. The van der Waals surface area contributed by atoms with E-state index in [1.807, 2.05) is 4.98 Å². The van der Waals surface area contributed by atoms with E-state index in [0.717, 1.165) is 6.07 Å². The molecule has 1 aromatic heterocycles. The average Bonchev–Trinajstić information content (AvgIpc) is 2.47. The van der Waals surface area contributed by atoms with Crippen molar-refractivity contribution in [1.29, 1.82) is 10.5 Å². The summed E-state index contributed by atoms with van der Waals surface area (Å²) < 4.78 is 53.4. The van der Waals surface area contributed by atoms with Crippen molar-refractivity contribution < 1.29 is 17.6 Å². The van der Waals surface area contributed by atoms with Crippen molar-refractivity contribution in [3.05, 3.63) is 50.6 Å². The van der Waals surface area contributed by atoms with Gasteiger partial charge in [0, 0.05) is 11.1 Å². The molecule has 2 aromatic rings. The average molecular weight is 336 g/mol. The lowest BCUT2D eigenvalue weighted by Gasteiger charge is -2.15. The summed E-state index contributed by atoms with van der Waals surface area (Å²) in [6.07, 6.45) is -4.99. The van der Waals surface area contributed by atoms with Crippen molar-refractivity contribution in [2.75, 3.05) is 5.73 Å². The first kappa shape index (κ1) is 17.0. The summed E-state index contributed by atoms with van der Waals surface area (Å²) in [4.78, 5) is 13.8. The number of hydrogen-bond acceptors (Lipinski definition) is 4. The van der Waals surface area contributed by atoms with Gasteiger partial charge in [-0.1, -0.05) is 0 Å². The second kappa shape index (κ2) is 5.70. The van der Waals surface area contributed by atoms with Gasteiger partial charge in [0.1, 0.15) is 34.9 Å². The highest BCUT2D eigenvalue weighted by atomic mass is 19.4. The zero-order valence-electron chi connectivity index (χ0n) is 12.0. The van der Waals surface area contributed by atoms with Crippen molar-refractivity contribution in [3.8, 4) is 23.3 Å². The zero-order chi connectivity index (χ0) is 18.2. The van der Waals surface area contributed by atoms with Crippen LogP contribution in [0.3, 0.4) is 0 Å². The molecule has 1 aromatic carbocycles. The summed E-state index contributed by atoms with van der Waals surface area (Å²) in [5, 5.41) is 18.3. The monoisotopic (exact) mass is 336 g/mol. The number of aryl methyl sites for hydroxylation is 1. The third-order valence-corrected chi connectivity index (χ3v) is 3.26. The van der Waals surface area contributed by atoms with Crippen LogP contribution in [0.2, 0.25) is 0 Å². The fourth-order valence-corrected chi connectivity index (χ4v) is 2.27. The first-order chi connectivity index (χ1) is 11.1. The number of benzene rings is 1. The maximum atomic E-state index is 14.4. The van der Waals surface area contributed by atoms with E-state index >= 15 is 0 Å². The minimum absolute atomic E-state index is 0.0327. The smallest absolute Gasteiger partial charge is 0.384 e. The molecule has 2 rings (SSSR count). The first-order valence-corrected chi connectivity index (χ1v) is 6.35. The number of rotatable bonds is 1. The number of halogens is 4. The van der Waals surface area contributed by atoms with Crippen LogP contribution in [0, 0.1) is 35.4 Å². The number of alkyl halides is 3. The number of nitrogens with two attached hydrogens (primary N) is 1. The SMILES string of the molecule is Cc1cc(-c2c(C#N)c(N)[nH]c(=O)c2C#N)c(F)c(C(F)(F)F)c1. The Labute approximate surface area is 132 Å². The highest BCUT2D eigenvalue weighted by Gasteiger charge is 2.36. The Morgan fingerprint density at radius 2 is 1.75 bits per heavy atom. The molecule has 0 bridgehead atoms. The summed E-state index contributed by atoms with van der Waals surface area (Å²) in [5.41, 5.74) is 0.484. The second-order valence-electron chi connectivity index (χ2n) is 4.89. The number of anilines is 1. The third-order valence-electron chi connectivity index (χ3n) is 3.26. The van der Waals surface area contributed by atoms with E-state index in [1.165, 1.54) is 13.0 Å². The molecule has 1 heterocycles. The Morgan fingerprint density at radius 3 is 2.25 bits per heavy atom. The summed E-state index contributed by atoms with van der Waals surface area (Å²) in [6.45, 7) is 1.28. The van der Waals surface area contributed by atoms with Gasteiger partial charge in [-0.15, -0.1) is 0 Å². The van der Waals surface area contributed by atoms with Gasteiger partial charge in [0.15, 0.2) is 0 Å². The van der Waals surface area contributed by atoms with Crippen molar-refractivity contribution >= 4 is 5.82 Å². The standard InChI is InChI=1S/C15H8F4N4O/c1-6-2-7(12(16)10(3-6)15(17,18)19)11-8(4-20)13(22)23-14(24)9(11)5-21/h2-3H,1H3,(H3,22,23,24). The zero-order valence-corrected chi connectivity index (χ0v) is 12.0. The lowest BCUT2D eigenvalue weighted by atomic mass is 9.93. The van der Waals surface area contributed by atoms with Crippen molar-refractivity contribution in [1.82, 2.24) is 4.98 Å². The fraction of sp³-hybridized carbons (Fsp3) is 0.133. The Hall–Kier alpha value is -3.33. The number of nitrogens with zero attached hydrogens (tertiary/aromatic N) is 2. The number of H-pyrrole nitrogens is 1. The number of aromatic nitrogens is 1. The van der Waals surface area contributed by atoms with Gasteiger partial charge in [-0.25, -0.2) is 4.39 Å². The van der Waals surface area contributed by atoms with Crippen molar-refractivity contribution in [2.45, 2.75) is 13.1 Å². The highest BCUT2D eigenvalue weighted by Crippen LogP contribution is 2.38. The number of pyridine rings is 1. The Bertz CT molecular complexity index is 977. The molecule has 0 aliphatic carbocycles. The number of nitrogens with one attached hydrogen (secondary N) is 1. The van der Waals surface area contributed by atoms with Crippen LogP contribution in [-0.4, -0.2) is 4.98 Å². The molecule has 9 heteroatoms. The number of aromatic amines is 1. The maximum absolute atomic E-state index is 14.4. The Kier molecular flexibility index (Phi) is 4.05. The molecule has 0 saturated carbocycles. The van der Waals surface area contributed by atoms with Gasteiger partial charge < -0.3 is 10.7 Å². The van der Waals surface area contributed by atoms with Crippen LogP contribution in [0.1, 0.15) is 22.3 Å². The first-order valence-electron chi connectivity index (χ1n) is 6.35. The minimum atomic E-state index is -4.99. The minimum Gasteiger partial charge on any atom is -0.384 e. The molecule has 5 nitrogen and oxygen atoms in total. The molecule has 0 aliphatic heterocycles. The molecule has 0 fully saturated rings. The normalized spacial score (nSPS) is 11.0. The van der Waals surface area contributed by atoms with Gasteiger partial charge in [-0.05, 0) is 24.6 Å². The number of hydrogen-bond donors (Lipinski definition) is 2. The predicted octanol–water partition coefficient (Wildman–Crippen LogP) is 2.83. The van der Waals surface area contributed by atoms with Gasteiger partial charge in [0.2, 0.25) is 0 Å². The highest BCUT2D eigenvalue weighted by molar-refractivity contribution is 5.81. The molecule has 122 valence electrons. The molecule has 0 amide bonds. The lowest BCUT2D eigenvalue weighted by Crippen LogP contribution is -2.17. The largest absolute Gasteiger partial charge is 0.419 e. The summed E-state index contributed by atoms with van der Waals surface area (Å²) in [7, 11) is 0. The molecule has 0 spiro atoms. The molecule has 0 aliphatic rings. The van der Waals surface area contributed by atoms with Gasteiger partial charge in [0.25, 0.3) is 5.56 Å².